The van der Waals surface area contributed by atoms with Crippen LogP contribution >= 0.6 is 11.6 Å². The van der Waals surface area contributed by atoms with Crippen molar-refractivity contribution >= 4 is 44.8 Å². The molecule has 1 fully saturated rings. The van der Waals surface area contributed by atoms with Gasteiger partial charge in [0.25, 0.3) is 5.91 Å². The van der Waals surface area contributed by atoms with Crippen molar-refractivity contribution in [3.8, 4) is 0 Å². The number of hydrogen-bond donors (Lipinski definition) is 1. The molecule has 0 unspecified atom stereocenters. The zero-order valence-electron chi connectivity index (χ0n) is 15.3. The lowest BCUT2D eigenvalue weighted by molar-refractivity contribution is -0.116. The molecule has 1 saturated heterocycles. The highest BCUT2D eigenvalue weighted by Crippen LogP contribution is 2.24. The average Bonchev–Trinajstić information content (AvgIpc) is 3.02. The maximum Gasteiger partial charge on any atom is 0.254 e. The number of halogens is 1. The van der Waals surface area contributed by atoms with Gasteiger partial charge in [0.2, 0.25) is 15.9 Å². The van der Waals surface area contributed by atoms with E-state index >= 15 is 0 Å². The molecule has 0 spiro atoms. The number of likely N-dealkylation sites (N-methyl/N-ethyl adjacent to an activating group) is 1. The van der Waals surface area contributed by atoms with Crippen molar-refractivity contribution in [3.05, 3.63) is 59.1 Å². The number of carbonyl (C=O) groups is 2. The molecule has 0 atom stereocenters. The van der Waals surface area contributed by atoms with Crippen molar-refractivity contribution in [2.24, 2.45) is 0 Å². The fourth-order valence-corrected chi connectivity index (χ4v) is 4.71. The van der Waals surface area contributed by atoms with Crippen LogP contribution in [0.3, 0.4) is 0 Å². The van der Waals surface area contributed by atoms with E-state index in [0.717, 1.165) is 0 Å². The Morgan fingerprint density at radius 1 is 1.14 bits per heavy atom. The molecule has 7 nitrogen and oxygen atoms in total. The van der Waals surface area contributed by atoms with Gasteiger partial charge in [-0.2, -0.15) is 0 Å². The Kier molecular flexibility index (Phi) is 5.90. The van der Waals surface area contributed by atoms with E-state index in [1.165, 1.54) is 16.3 Å². The second-order valence-corrected chi connectivity index (χ2v) is 8.90. The van der Waals surface area contributed by atoms with Crippen LogP contribution in [0.4, 0.5) is 11.4 Å². The molecule has 0 radical (unpaired) electrons. The minimum Gasteiger partial charge on any atom is -0.332 e. The molecule has 9 heteroatoms. The smallest absolute Gasteiger partial charge is 0.254 e. The number of amides is 2. The number of benzene rings is 2. The summed E-state index contributed by atoms with van der Waals surface area (Å²) in [5.74, 6) is -0.578. The highest BCUT2D eigenvalue weighted by molar-refractivity contribution is 7.93. The first-order valence-electron chi connectivity index (χ1n) is 8.68. The van der Waals surface area contributed by atoms with E-state index in [1.807, 2.05) is 0 Å². The molecule has 28 heavy (non-hydrogen) atoms. The molecule has 2 aromatic carbocycles. The van der Waals surface area contributed by atoms with E-state index in [1.54, 1.807) is 48.5 Å². The van der Waals surface area contributed by atoms with Crippen molar-refractivity contribution in [2.75, 3.05) is 35.5 Å². The highest BCUT2D eigenvalue weighted by Gasteiger charge is 2.28. The number of carbonyl (C=O) groups excluding carboxylic acids is 2. The number of nitrogens with zero attached hydrogens (tertiary/aromatic N) is 2. The first kappa shape index (κ1) is 20.2. The largest absolute Gasteiger partial charge is 0.332 e. The molecule has 148 valence electrons. The molecule has 1 N–H and O–H groups in total. The molecule has 1 aliphatic heterocycles. The maximum atomic E-state index is 12.5. The van der Waals surface area contributed by atoms with E-state index in [0.29, 0.717) is 34.9 Å². The summed E-state index contributed by atoms with van der Waals surface area (Å²) in [6.07, 6.45) is 0.590. The predicted molar refractivity (Wildman–Crippen MR) is 109 cm³/mol. The fraction of sp³-hybridized carbons (Fsp3) is 0.263. The van der Waals surface area contributed by atoms with Gasteiger partial charge >= 0.3 is 0 Å². The minimum atomic E-state index is -3.26. The van der Waals surface area contributed by atoms with Gasteiger partial charge in [-0.25, -0.2) is 8.42 Å². The maximum absolute atomic E-state index is 12.5. The Balaban J connectivity index is 1.63. The van der Waals surface area contributed by atoms with Crippen molar-refractivity contribution in [1.82, 2.24) is 4.90 Å². The minimum absolute atomic E-state index is 0.136. The summed E-state index contributed by atoms with van der Waals surface area (Å²) in [5, 5.41) is 3.08. The fourth-order valence-electron chi connectivity index (χ4n) is 2.96. The Morgan fingerprint density at radius 2 is 1.82 bits per heavy atom. The normalized spacial score (nSPS) is 15.3. The second kappa shape index (κ2) is 8.20. The number of anilines is 2. The summed E-state index contributed by atoms with van der Waals surface area (Å²) in [7, 11) is -1.74. The molecule has 0 aliphatic carbocycles. The summed E-state index contributed by atoms with van der Waals surface area (Å²) in [6.45, 7) is 0.296. The zero-order valence-corrected chi connectivity index (χ0v) is 16.8. The van der Waals surface area contributed by atoms with Crippen LogP contribution in [-0.2, 0) is 14.8 Å². The van der Waals surface area contributed by atoms with Gasteiger partial charge in [0.05, 0.1) is 28.7 Å². The van der Waals surface area contributed by atoms with Crippen LogP contribution in [-0.4, -0.2) is 51.0 Å². The molecule has 3 rings (SSSR count). The van der Waals surface area contributed by atoms with Gasteiger partial charge in [-0.1, -0.05) is 23.7 Å². The predicted octanol–water partition coefficient (Wildman–Crippen LogP) is 2.59. The average molecular weight is 422 g/mol. The Hall–Kier alpha value is -2.58. The molecular formula is C19H20ClN3O4S. The number of hydrogen-bond acceptors (Lipinski definition) is 4. The van der Waals surface area contributed by atoms with Crippen molar-refractivity contribution in [1.29, 1.82) is 0 Å². The van der Waals surface area contributed by atoms with E-state index in [9.17, 15) is 18.0 Å². The highest BCUT2D eigenvalue weighted by atomic mass is 35.5. The van der Waals surface area contributed by atoms with Crippen LogP contribution in [0.5, 0.6) is 0 Å². The lowest BCUT2D eigenvalue weighted by Gasteiger charge is -2.19. The number of para-hydroxylation sites is 1. The quantitative estimate of drug-likeness (QED) is 0.803. The molecule has 1 heterocycles. The van der Waals surface area contributed by atoms with Gasteiger partial charge in [-0.05, 0) is 42.8 Å². The van der Waals surface area contributed by atoms with Gasteiger partial charge in [-0.15, -0.1) is 0 Å². The molecule has 0 bridgehead atoms. The standard InChI is InChI=1S/C19H20ClN3O4S/c1-22(13-18(24)21-17-6-3-2-5-16(17)20)19(25)14-7-9-15(10-8-14)23-11-4-12-28(23,26)27/h2-3,5-10H,4,11-13H2,1H3,(H,21,24). The van der Waals surface area contributed by atoms with Crippen molar-refractivity contribution in [3.63, 3.8) is 0 Å². The van der Waals surface area contributed by atoms with E-state index < -0.39 is 10.0 Å². The van der Waals surface area contributed by atoms with Crippen molar-refractivity contribution in [2.45, 2.75) is 6.42 Å². The molecule has 0 saturated carbocycles. The van der Waals surface area contributed by atoms with Gasteiger partial charge < -0.3 is 10.2 Å². The van der Waals surface area contributed by atoms with E-state index in [-0.39, 0.29) is 24.1 Å². The van der Waals surface area contributed by atoms with Crippen LogP contribution in [0.2, 0.25) is 5.02 Å². The van der Waals surface area contributed by atoms with Gasteiger partial charge in [0, 0.05) is 19.2 Å². The molecule has 0 aromatic heterocycles. The van der Waals surface area contributed by atoms with Crippen LogP contribution < -0.4 is 9.62 Å². The van der Waals surface area contributed by atoms with E-state index in [4.69, 9.17) is 11.6 Å². The van der Waals surface area contributed by atoms with Crippen LogP contribution in [0.1, 0.15) is 16.8 Å². The number of nitrogens with one attached hydrogen (secondary N) is 1. The number of sulfonamides is 1. The third-order valence-electron chi connectivity index (χ3n) is 4.38. The molecule has 1 aliphatic rings. The summed E-state index contributed by atoms with van der Waals surface area (Å²) in [6, 6.07) is 13.2. The Bertz CT molecular complexity index is 992. The molecule has 2 aromatic rings. The molecule has 2 amide bonds. The topological polar surface area (TPSA) is 86.8 Å². The van der Waals surface area contributed by atoms with Crippen LogP contribution in [0, 0.1) is 0 Å². The monoisotopic (exact) mass is 421 g/mol. The number of rotatable bonds is 5. The molecular weight excluding hydrogens is 402 g/mol. The zero-order chi connectivity index (χ0) is 20.3. The first-order chi connectivity index (χ1) is 13.3. The SMILES string of the molecule is CN(CC(=O)Nc1ccccc1Cl)C(=O)c1ccc(N2CCCS2(=O)=O)cc1. The first-order valence-corrected chi connectivity index (χ1v) is 10.7. The van der Waals surface area contributed by atoms with Gasteiger partial charge in [0.15, 0.2) is 0 Å². The Labute approximate surface area is 168 Å². The van der Waals surface area contributed by atoms with Gasteiger partial charge in [0.1, 0.15) is 0 Å². The van der Waals surface area contributed by atoms with Crippen LogP contribution in [0.25, 0.3) is 0 Å². The lowest BCUT2D eigenvalue weighted by atomic mass is 10.2. The van der Waals surface area contributed by atoms with E-state index in [2.05, 4.69) is 5.32 Å². The lowest BCUT2D eigenvalue weighted by Crippen LogP contribution is -2.35. The third-order valence-corrected chi connectivity index (χ3v) is 6.58. The third kappa shape index (κ3) is 4.45. The summed E-state index contributed by atoms with van der Waals surface area (Å²) in [5.41, 5.74) is 1.38. The van der Waals surface area contributed by atoms with Crippen LogP contribution in [0.15, 0.2) is 48.5 Å². The summed E-state index contributed by atoms with van der Waals surface area (Å²) < 4.78 is 25.3. The summed E-state index contributed by atoms with van der Waals surface area (Å²) in [4.78, 5) is 26.0. The Morgan fingerprint density at radius 3 is 2.43 bits per heavy atom. The second-order valence-electron chi connectivity index (χ2n) is 6.48. The summed E-state index contributed by atoms with van der Waals surface area (Å²) >= 11 is 6.01. The van der Waals surface area contributed by atoms with Crippen molar-refractivity contribution < 1.29 is 18.0 Å². The van der Waals surface area contributed by atoms with Gasteiger partial charge in [-0.3, -0.25) is 13.9 Å².